The molecule has 30 valence electrons. The van der Waals surface area contributed by atoms with Crippen LogP contribution in [0.25, 0.3) is 0 Å². The first-order chi connectivity index (χ1) is 2.50. The third-order valence-corrected chi connectivity index (χ3v) is 0.655. The molecule has 0 saturated carbocycles. The molecule has 6 heavy (non-hydrogen) atoms. The summed E-state index contributed by atoms with van der Waals surface area (Å²) in [5.74, 6) is 0. The van der Waals surface area contributed by atoms with E-state index >= 15 is 0 Å². The molecule has 0 bridgehead atoms. The molecular formula is C5H6Si. The first-order valence-electron chi connectivity index (χ1n) is 1.82. The summed E-state index contributed by atoms with van der Waals surface area (Å²) >= 11 is 0. The Labute approximate surface area is 42.6 Å². The van der Waals surface area contributed by atoms with Crippen LogP contribution in [0.2, 0.25) is 0 Å². The average Bonchev–Trinajstić information content (AvgIpc) is 1.76. The maximum Gasteiger partial charge on any atom is 0 e. The second-order valence-electron chi connectivity index (χ2n) is 1.09. The minimum atomic E-state index is 0. The summed E-state index contributed by atoms with van der Waals surface area (Å²) in [4.78, 5) is 0. The van der Waals surface area contributed by atoms with Crippen molar-refractivity contribution in [2.24, 2.45) is 0 Å². The zero-order valence-electron chi connectivity index (χ0n) is 3.52. The van der Waals surface area contributed by atoms with Gasteiger partial charge in [0.2, 0.25) is 0 Å². The van der Waals surface area contributed by atoms with Crippen LogP contribution in [0.1, 0.15) is 6.42 Å². The molecule has 0 aromatic heterocycles. The fourth-order valence-corrected chi connectivity index (χ4v) is 0.393. The van der Waals surface area contributed by atoms with Crippen LogP contribution in [0.4, 0.5) is 0 Å². The molecule has 0 aromatic carbocycles. The molecule has 0 atom stereocenters. The zero-order valence-corrected chi connectivity index (χ0v) is 4.52. The van der Waals surface area contributed by atoms with Gasteiger partial charge in [-0.1, -0.05) is 24.3 Å². The number of allylic oxidation sites excluding steroid dienone is 4. The first kappa shape index (κ1) is 5.70. The van der Waals surface area contributed by atoms with Crippen LogP contribution in [-0.2, 0) is 0 Å². The van der Waals surface area contributed by atoms with Gasteiger partial charge >= 0.3 is 0 Å². The van der Waals surface area contributed by atoms with Crippen molar-refractivity contribution in [2.45, 2.75) is 6.42 Å². The van der Waals surface area contributed by atoms with E-state index in [-0.39, 0.29) is 11.0 Å². The van der Waals surface area contributed by atoms with E-state index in [0.29, 0.717) is 0 Å². The molecule has 1 rings (SSSR count). The van der Waals surface area contributed by atoms with Gasteiger partial charge in [-0.25, -0.2) is 0 Å². The van der Waals surface area contributed by atoms with E-state index in [2.05, 4.69) is 24.3 Å². The lowest BCUT2D eigenvalue weighted by molar-refractivity contribution is 1.45. The van der Waals surface area contributed by atoms with Crippen molar-refractivity contribution >= 4 is 11.0 Å². The largest absolute Gasteiger partial charge is 0.0808 e. The Hall–Kier alpha value is -0.303. The highest BCUT2D eigenvalue weighted by Gasteiger charge is 1.72. The Balaban J connectivity index is 0.000000250. The fourth-order valence-electron chi connectivity index (χ4n) is 0.393. The van der Waals surface area contributed by atoms with Gasteiger partial charge in [-0.15, -0.1) is 0 Å². The third-order valence-electron chi connectivity index (χ3n) is 0.655. The van der Waals surface area contributed by atoms with Gasteiger partial charge in [0.25, 0.3) is 0 Å². The van der Waals surface area contributed by atoms with Gasteiger partial charge in [-0.2, -0.15) is 0 Å². The Morgan fingerprint density at radius 1 is 1.00 bits per heavy atom. The molecule has 0 amide bonds. The third kappa shape index (κ3) is 1.22. The Morgan fingerprint density at radius 2 is 1.50 bits per heavy atom. The molecule has 1 heteroatoms. The zero-order chi connectivity index (χ0) is 3.54. The van der Waals surface area contributed by atoms with Crippen molar-refractivity contribution in [3.63, 3.8) is 0 Å². The van der Waals surface area contributed by atoms with Gasteiger partial charge in [0.1, 0.15) is 0 Å². The van der Waals surface area contributed by atoms with Gasteiger partial charge in [0.05, 0.1) is 0 Å². The molecule has 0 heterocycles. The van der Waals surface area contributed by atoms with Crippen molar-refractivity contribution in [1.29, 1.82) is 0 Å². The molecule has 0 spiro atoms. The SMILES string of the molecule is C1=CCC=C1.[Si]. The van der Waals surface area contributed by atoms with E-state index in [0.717, 1.165) is 6.42 Å². The van der Waals surface area contributed by atoms with E-state index in [9.17, 15) is 0 Å². The van der Waals surface area contributed by atoms with Crippen molar-refractivity contribution in [3.8, 4) is 0 Å². The summed E-state index contributed by atoms with van der Waals surface area (Å²) in [6, 6.07) is 0. The van der Waals surface area contributed by atoms with Crippen LogP contribution < -0.4 is 0 Å². The van der Waals surface area contributed by atoms with Crippen molar-refractivity contribution in [3.05, 3.63) is 24.3 Å². The van der Waals surface area contributed by atoms with Gasteiger partial charge in [0.15, 0.2) is 0 Å². The fraction of sp³-hybridized carbons (Fsp3) is 0.200. The number of hydrogen-bond acceptors (Lipinski definition) is 0. The second-order valence-corrected chi connectivity index (χ2v) is 1.09. The summed E-state index contributed by atoms with van der Waals surface area (Å²) in [6.45, 7) is 0. The summed E-state index contributed by atoms with van der Waals surface area (Å²) in [5.41, 5.74) is 0. The van der Waals surface area contributed by atoms with Crippen molar-refractivity contribution < 1.29 is 0 Å². The van der Waals surface area contributed by atoms with Gasteiger partial charge < -0.3 is 0 Å². The van der Waals surface area contributed by atoms with E-state index in [1.807, 2.05) is 0 Å². The Bertz CT molecular complexity index is 62.0. The van der Waals surface area contributed by atoms with E-state index in [1.54, 1.807) is 0 Å². The highest BCUT2D eigenvalue weighted by molar-refractivity contribution is 5.75. The predicted octanol–water partition coefficient (Wildman–Crippen LogP) is 1.12. The average molecular weight is 94.2 g/mol. The molecule has 1 aliphatic carbocycles. The second kappa shape index (κ2) is 2.91. The summed E-state index contributed by atoms with van der Waals surface area (Å²) in [7, 11) is 0. The minimum absolute atomic E-state index is 0. The number of hydrogen-bond donors (Lipinski definition) is 0. The molecule has 0 aromatic rings. The lowest BCUT2D eigenvalue weighted by Crippen LogP contribution is -1.37. The molecule has 0 fully saturated rings. The summed E-state index contributed by atoms with van der Waals surface area (Å²) < 4.78 is 0. The van der Waals surface area contributed by atoms with Crippen LogP contribution >= 0.6 is 0 Å². The Kier molecular flexibility index (Phi) is 2.76. The van der Waals surface area contributed by atoms with E-state index in [4.69, 9.17) is 0 Å². The molecular weight excluding hydrogens is 88.1 g/mol. The normalized spacial score (nSPS) is 14.7. The van der Waals surface area contributed by atoms with Crippen LogP contribution in [-0.4, -0.2) is 11.0 Å². The van der Waals surface area contributed by atoms with Crippen LogP contribution in [0.3, 0.4) is 0 Å². The maximum atomic E-state index is 2.12. The van der Waals surface area contributed by atoms with Crippen LogP contribution in [0.5, 0.6) is 0 Å². The van der Waals surface area contributed by atoms with Gasteiger partial charge in [-0.3, -0.25) is 0 Å². The van der Waals surface area contributed by atoms with E-state index in [1.165, 1.54) is 0 Å². The quantitative estimate of drug-likeness (QED) is 0.395. The van der Waals surface area contributed by atoms with Gasteiger partial charge in [-0.05, 0) is 6.42 Å². The monoisotopic (exact) mass is 94.0 g/mol. The lowest BCUT2D eigenvalue weighted by Gasteiger charge is -1.57. The minimum Gasteiger partial charge on any atom is -0.0808 e. The number of rotatable bonds is 0. The first-order valence-corrected chi connectivity index (χ1v) is 1.82. The van der Waals surface area contributed by atoms with E-state index < -0.39 is 0 Å². The molecule has 0 nitrogen and oxygen atoms in total. The Morgan fingerprint density at radius 3 is 1.67 bits per heavy atom. The van der Waals surface area contributed by atoms with Gasteiger partial charge in [0, 0.05) is 11.0 Å². The summed E-state index contributed by atoms with van der Waals surface area (Å²) in [5, 5.41) is 0. The van der Waals surface area contributed by atoms with Crippen LogP contribution in [0.15, 0.2) is 24.3 Å². The molecule has 0 unspecified atom stereocenters. The molecule has 1 aliphatic rings. The smallest absolute Gasteiger partial charge is 0 e. The molecule has 0 aliphatic heterocycles. The molecule has 0 saturated heterocycles. The molecule has 0 N–H and O–H groups in total. The van der Waals surface area contributed by atoms with Crippen molar-refractivity contribution in [1.82, 2.24) is 0 Å². The summed E-state index contributed by atoms with van der Waals surface area (Å²) in [6.07, 6.45) is 9.50. The predicted molar refractivity (Wildman–Crippen MR) is 28.7 cm³/mol. The lowest BCUT2D eigenvalue weighted by atomic mass is 10.5. The highest BCUT2D eigenvalue weighted by atomic mass is 28.1. The van der Waals surface area contributed by atoms with Crippen molar-refractivity contribution in [2.75, 3.05) is 0 Å². The standard InChI is InChI=1S/C5H6.Si/c1-2-4-5-3-1;/h1-4H,5H2;. The maximum absolute atomic E-state index is 2.12. The topological polar surface area (TPSA) is 0 Å². The molecule has 4 radical (unpaired) electrons. The highest BCUT2D eigenvalue weighted by Crippen LogP contribution is 1.93. The van der Waals surface area contributed by atoms with Crippen LogP contribution in [0, 0.1) is 0 Å².